The molecule has 0 aliphatic heterocycles. The smallest absolute Gasteiger partial charge is 0.222 e. The Morgan fingerprint density at radius 3 is 2.59 bits per heavy atom. The van der Waals surface area contributed by atoms with Crippen LogP contribution in [0, 0.1) is 19.7 Å². The SMILES string of the molecule is CCC(=O)N(Cc1ccc(F)cc1)Cc1cc2ccc(C)c(C)c2n2nnnc12. The van der Waals surface area contributed by atoms with Crippen LogP contribution in [0.25, 0.3) is 16.6 Å². The number of fused-ring (bicyclic) bond motifs is 3. The number of carbonyl (C=O) groups excluding carboxylic acids is 1. The van der Waals surface area contributed by atoms with Crippen molar-refractivity contribution in [3.63, 3.8) is 0 Å². The Morgan fingerprint density at radius 2 is 1.86 bits per heavy atom. The molecule has 4 rings (SSSR count). The van der Waals surface area contributed by atoms with E-state index in [4.69, 9.17) is 0 Å². The van der Waals surface area contributed by atoms with Crippen molar-refractivity contribution in [3.8, 4) is 0 Å². The van der Waals surface area contributed by atoms with Crippen molar-refractivity contribution in [3.05, 3.63) is 70.5 Å². The summed E-state index contributed by atoms with van der Waals surface area (Å²) in [4.78, 5) is 14.4. The van der Waals surface area contributed by atoms with Gasteiger partial charge in [0, 0.05) is 30.5 Å². The summed E-state index contributed by atoms with van der Waals surface area (Å²) >= 11 is 0. The first kappa shape index (κ1) is 19.0. The Kier molecular flexibility index (Phi) is 4.96. The van der Waals surface area contributed by atoms with Crippen molar-refractivity contribution >= 4 is 22.5 Å². The van der Waals surface area contributed by atoms with Crippen LogP contribution in [0.3, 0.4) is 0 Å². The van der Waals surface area contributed by atoms with Gasteiger partial charge in [-0.3, -0.25) is 4.79 Å². The first-order valence-corrected chi connectivity index (χ1v) is 9.60. The number of benzene rings is 2. The molecule has 6 nitrogen and oxygen atoms in total. The summed E-state index contributed by atoms with van der Waals surface area (Å²) in [5.74, 6) is -0.279. The highest BCUT2D eigenvalue weighted by molar-refractivity contribution is 5.87. The summed E-state index contributed by atoms with van der Waals surface area (Å²) in [5.41, 5.74) is 5.64. The molecule has 2 aromatic carbocycles. The number of hydrogen-bond acceptors (Lipinski definition) is 4. The molecule has 0 aliphatic carbocycles. The Balaban J connectivity index is 1.77. The first-order chi connectivity index (χ1) is 14.0. The van der Waals surface area contributed by atoms with Gasteiger partial charge >= 0.3 is 0 Å². The number of aryl methyl sites for hydroxylation is 2. The number of carbonyl (C=O) groups is 1. The van der Waals surface area contributed by atoms with Crippen molar-refractivity contribution in [2.75, 3.05) is 0 Å². The predicted molar refractivity (Wildman–Crippen MR) is 109 cm³/mol. The molecule has 0 fully saturated rings. The zero-order valence-electron chi connectivity index (χ0n) is 16.7. The molecule has 0 saturated carbocycles. The second kappa shape index (κ2) is 7.58. The summed E-state index contributed by atoms with van der Waals surface area (Å²) in [6, 6.07) is 12.4. The van der Waals surface area contributed by atoms with E-state index < -0.39 is 0 Å². The third-order valence-corrected chi connectivity index (χ3v) is 5.33. The van der Waals surface area contributed by atoms with E-state index in [-0.39, 0.29) is 11.7 Å². The molecule has 1 amide bonds. The van der Waals surface area contributed by atoms with Crippen molar-refractivity contribution < 1.29 is 9.18 Å². The minimum absolute atomic E-state index is 0.0140. The van der Waals surface area contributed by atoms with Crippen LogP contribution >= 0.6 is 0 Å². The molecule has 0 atom stereocenters. The number of pyridine rings is 1. The molecule has 29 heavy (non-hydrogen) atoms. The fourth-order valence-corrected chi connectivity index (χ4v) is 3.60. The molecule has 0 N–H and O–H groups in total. The van der Waals surface area contributed by atoms with Crippen LogP contribution < -0.4 is 0 Å². The molecule has 7 heteroatoms. The summed E-state index contributed by atoms with van der Waals surface area (Å²) in [6.07, 6.45) is 0.383. The van der Waals surface area contributed by atoms with Crippen molar-refractivity contribution in [1.82, 2.24) is 24.9 Å². The Hall–Kier alpha value is -3.35. The minimum atomic E-state index is -0.293. The van der Waals surface area contributed by atoms with Crippen LogP contribution in [0.1, 0.15) is 35.6 Å². The lowest BCUT2D eigenvalue weighted by molar-refractivity contribution is -0.132. The van der Waals surface area contributed by atoms with Gasteiger partial charge < -0.3 is 4.90 Å². The maximum Gasteiger partial charge on any atom is 0.222 e. The number of halogens is 1. The zero-order chi connectivity index (χ0) is 20.5. The molecule has 2 aromatic heterocycles. The summed E-state index contributed by atoms with van der Waals surface area (Å²) in [7, 11) is 0. The summed E-state index contributed by atoms with van der Waals surface area (Å²) < 4.78 is 15.0. The molecule has 0 saturated heterocycles. The van der Waals surface area contributed by atoms with Crippen molar-refractivity contribution in [1.29, 1.82) is 0 Å². The molecule has 2 heterocycles. The van der Waals surface area contributed by atoms with Gasteiger partial charge in [-0.15, -0.1) is 5.10 Å². The topological polar surface area (TPSA) is 63.4 Å². The average molecular weight is 391 g/mol. The molecule has 0 aliphatic rings. The van der Waals surface area contributed by atoms with E-state index in [0.717, 1.165) is 27.6 Å². The largest absolute Gasteiger partial charge is 0.334 e. The summed E-state index contributed by atoms with van der Waals surface area (Å²) in [6.45, 7) is 6.71. The third-order valence-electron chi connectivity index (χ3n) is 5.33. The van der Waals surface area contributed by atoms with Crippen LogP contribution in [0.2, 0.25) is 0 Å². The Labute approximate surface area is 167 Å². The fourth-order valence-electron chi connectivity index (χ4n) is 3.60. The van der Waals surface area contributed by atoms with E-state index in [1.807, 2.05) is 19.1 Å². The molecular formula is C22H22FN5O. The van der Waals surface area contributed by atoms with Crippen molar-refractivity contribution in [2.24, 2.45) is 0 Å². The fraction of sp³-hybridized carbons (Fsp3) is 0.273. The lowest BCUT2D eigenvalue weighted by Gasteiger charge is -2.23. The number of rotatable bonds is 5. The lowest BCUT2D eigenvalue weighted by atomic mass is 10.0. The maximum atomic E-state index is 13.2. The number of hydrogen-bond donors (Lipinski definition) is 0. The van der Waals surface area contributed by atoms with Gasteiger partial charge in [0.05, 0.1) is 5.52 Å². The molecule has 0 unspecified atom stereocenters. The van der Waals surface area contributed by atoms with Crippen LogP contribution in [0.5, 0.6) is 0 Å². The van der Waals surface area contributed by atoms with E-state index in [1.165, 1.54) is 17.7 Å². The second-order valence-electron chi connectivity index (χ2n) is 7.26. The van der Waals surface area contributed by atoms with E-state index in [1.54, 1.807) is 21.5 Å². The van der Waals surface area contributed by atoms with Crippen LogP contribution in [0.15, 0.2) is 42.5 Å². The van der Waals surface area contributed by atoms with E-state index in [2.05, 4.69) is 35.4 Å². The van der Waals surface area contributed by atoms with Crippen LogP contribution in [-0.4, -0.2) is 30.8 Å². The van der Waals surface area contributed by atoms with Crippen molar-refractivity contribution in [2.45, 2.75) is 40.3 Å². The van der Waals surface area contributed by atoms with Gasteiger partial charge in [0.25, 0.3) is 0 Å². The van der Waals surface area contributed by atoms with Gasteiger partial charge in [-0.2, -0.15) is 4.52 Å². The monoisotopic (exact) mass is 391 g/mol. The Morgan fingerprint density at radius 1 is 1.10 bits per heavy atom. The highest BCUT2D eigenvalue weighted by atomic mass is 19.1. The normalized spacial score (nSPS) is 11.3. The Bertz CT molecular complexity index is 1200. The molecule has 0 bridgehead atoms. The van der Waals surface area contributed by atoms with Gasteiger partial charge in [-0.05, 0) is 59.2 Å². The number of amides is 1. The maximum absolute atomic E-state index is 13.2. The molecule has 4 aromatic rings. The van der Waals surface area contributed by atoms with Gasteiger partial charge in [-0.25, -0.2) is 4.39 Å². The second-order valence-corrected chi connectivity index (χ2v) is 7.26. The van der Waals surface area contributed by atoms with E-state index in [0.29, 0.717) is 25.2 Å². The van der Waals surface area contributed by atoms with Gasteiger partial charge in [0.1, 0.15) is 5.82 Å². The first-order valence-electron chi connectivity index (χ1n) is 9.60. The zero-order valence-corrected chi connectivity index (χ0v) is 16.7. The highest BCUT2D eigenvalue weighted by Crippen LogP contribution is 2.25. The molecule has 0 radical (unpaired) electrons. The van der Waals surface area contributed by atoms with Gasteiger partial charge in [-0.1, -0.05) is 31.2 Å². The summed E-state index contributed by atoms with van der Waals surface area (Å²) in [5, 5.41) is 13.3. The number of nitrogens with zero attached hydrogens (tertiary/aromatic N) is 5. The van der Waals surface area contributed by atoms with E-state index >= 15 is 0 Å². The van der Waals surface area contributed by atoms with Crippen LogP contribution in [0.4, 0.5) is 4.39 Å². The number of aromatic nitrogens is 4. The van der Waals surface area contributed by atoms with Gasteiger partial charge in [0.2, 0.25) is 5.91 Å². The predicted octanol–water partition coefficient (Wildman–Crippen LogP) is 3.97. The van der Waals surface area contributed by atoms with Crippen LogP contribution in [-0.2, 0) is 17.9 Å². The molecule has 148 valence electrons. The highest BCUT2D eigenvalue weighted by Gasteiger charge is 2.18. The lowest BCUT2D eigenvalue weighted by Crippen LogP contribution is -2.29. The standard InChI is InChI=1S/C22H22FN5O/c1-4-20(29)27(12-16-6-9-19(23)10-7-16)13-18-11-17-8-5-14(2)15(3)21(17)28-22(18)24-25-26-28/h5-11H,4,12-13H2,1-3H3. The molecular weight excluding hydrogens is 369 g/mol. The van der Waals surface area contributed by atoms with E-state index in [9.17, 15) is 9.18 Å². The van der Waals surface area contributed by atoms with Gasteiger partial charge in [0.15, 0.2) is 5.65 Å². The third kappa shape index (κ3) is 3.55. The quantitative estimate of drug-likeness (QED) is 0.516. The average Bonchev–Trinajstić information content (AvgIpc) is 3.21. The molecule has 0 spiro atoms. The number of tetrazole rings is 1. The minimum Gasteiger partial charge on any atom is -0.334 e.